The van der Waals surface area contributed by atoms with Crippen LogP contribution in [0.5, 0.6) is 0 Å². The lowest BCUT2D eigenvalue weighted by Gasteiger charge is -2.31. The summed E-state index contributed by atoms with van der Waals surface area (Å²) in [5.41, 5.74) is 4.76. The van der Waals surface area contributed by atoms with E-state index in [0.29, 0.717) is 36.9 Å². The molecule has 2 aromatic rings. The number of aryl methyl sites for hydroxylation is 1. The Bertz CT molecular complexity index is 1040. The molecule has 2 unspecified atom stereocenters. The van der Waals surface area contributed by atoms with Crippen LogP contribution in [0.2, 0.25) is 0 Å². The predicted molar refractivity (Wildman–Crippen MR) is 100 cm³/mol. The first-order valence-corrected chi connectivity index (χ1v) is 10.5. The first-order chi connectivity index (χ1) is 13.4. The van der Waals surface area contributed by atoms with E-state index in [1.165, 1.54) is 12.3 Å². The number of nitrogen functional groups attached to an aromatic ring is 1. The summed E-state index contributed by atoms with van der Waals surface area (Å²) in [6, 6.07) is 2.12. The van der Waals surface area contributed by atoms with Crippen molar-refractivity contribution < 1.29 is 26.7 Å². The Morgan fingerprint density at radius 1 is 1.21 bits per heavy atom. The lowest BCUT2D eigenvalue weighted by atomic mass is 9.79. The molecule has 11 heteroatoms. The zero-order chi connectivity index (χ0) is 21.6. The van der Waals surface area contributed by atoms with E-state index in [1.54, 1.807) is 6.92 Å². The number of hydrogen-bond acceptors (Lipinski definition) is 6. The molecule has 0 aliphatic heterocycles. The molecule has 3 rings (SSSR count). The molecule has 0 saturated heterocycles. The number of alkyl halides is 3. The maximum Gasteiger partial charge on any atom is 0.418 e. The van der Waals surface area contributed by atoms with Crippen molar-refractivity contribution in [1.82, 2.24) is 9.97 Å². The van der Waals surface area contributed by atoms with Crippen LogP contribution in [0.25, 0.3) is 11.1 Å². The summed E-state index contributed by atoms with van der Waals surface area (Å²) in [4.78, 5) is 6.80. The second-order valence-corrected chi connectivity index (χ2v) is 8.70. The lowest BCUT2D eigenvalue weighted by Crippen LogP contribution is -2.28. The Balaban J connectivity index is 2.37. The summed E-state index contributed by atoms with van der Waals surface area (Å²) in [7, 11) is -4.71. The van der Waals surface area contributed by atoms with Gasteiger partial charge in [-0.1, -0.05) is 12.8 Å². The van der Waals surface area contributed by atoms with Crippen LogP contribution in [0.3, 0.4) is 0 Å². The van der Waals surface area contributed by atoms with Crippen molar-refractivity contribution in [2.75, 3.05) is 5.73 Å². The van der Waals surface area contributed by atoms with Crippen LogP contribution >= 0.6 is 0 Å². The molecule has 0 spiro atoms. The number of hydrogen-bond donors (Lipinski definition) is 3. The van der Waals surface area contributed by atoms with Crippen LogP contribution in [-0.4, -0.2) is 29.6 Å². The van der Waals surface area contributed by atoms with Gasteiger partial charge in [-0.15, -0.1) is 0 Å². The van der Waals surface area contributed by atoms with Crippen LogP contribution in [0, 0.1) is 6.92 Å². The molecule has 7 nitrogen and oxygen atoms in total. The van der Waals surface area contributed by atoms with Gasteiger partial charge < -0.3 is 10.8 Å². The second kappa shape index (κ2) is 7.54. The summed E-state index contributed by atoms with van der Waals surface area (Å²) >= 11 is 0. The number of halogens is 3. The molecule has 29 heavy (non-hydrogen) atoms. The Morgan fingerprint density at radius 2 is 1.86 bits per heavy atom. The van der Waals surface area contributed by atoms with Gasteiger partial charge >= 0.3 is 6.18 Å². The Morgan fingerprint density at radius 3 is 2.41 bits per heavy atom. The molecule has 1 aromatic heterocycles. The highest BCUT2D eigenvalue weighted by atomic mass is 32.2. The molecule has 0 bridgehead atoms. The van der Waals surface area contributed by atoms with Crippen LogP contribution < -0.4 is 10.9 Å². The molecule has 1 aromatic carbocycles. The number of aromatic nitrogens is 2. The van der Waals surface area contributed by atoms with E-state index < -0.39 is 38.7 Å². The van der Waals surface area contributed by atoms with Gasteiger partial charge in [0.25, 0.3) is 0 Å². The SMILES string of the molecule is Cc1nc(N)ncc1-c1cc(C2CCCCC2O)c(C(F)(F)F)c(S(N)(=O)=O)c1. The van der Waals surface area contributed by atoms with Crippen molar-refractivity contribution in [3.63, 3.8) is 0 Å². The van der Waals surface area contributed by atoms with Crippen LogP contribution in [-0.2, 0) is 16.2 Å². The minimum atomic E-state index is -4.97. The van der Waals surface area contributed by atoms with Gasteiger partial charge in [-0.05, 0) is 43.0 Å². The summed E-state index contributed by atoms with van der Waals surface area (Å²) in [5, 5.41) is 15.5. The van der Waals surface area contributed by atoms with Crippen molar-refractivity contribution in [3.8, 4) is 11.1 Å². The quantitative estimate of drug-likeness (QED) is 0.686. The number of aliphatic hydroxyl groups is 1. The topological polar surface area (TPSA) is 132 Å². The molecule has 158 valence electrons. The largest absolute Gasteiger partial charge is 0.418 e. The monoisotopic (exact) mass is 430 g/mol. The molecular formula is C18H21F3N4O3S. The number of rotatable bonds is 3. The first-order valence-electron chi connectivity index (χ1n) is 8.95. The fraction of sp³-hybridized carbons (Fsp3) is 0.444. The lowest BCUT2D eigenvalue weighted by molar-refractivity contribution is -0.141. The fourth-order valence-corrected chi connectivity index (χ4v) is 4.66. The fourth-order valence-electron chi connectivity index (χ4n) is 3.86. The summed E-state index contributed by atoms with van der Waals surface area (Å²) in [6.45, 7) is 1.58. The predicted octanol–water partition coefficient (Wildman–Crippen LogP) is 2.72. The molecular weight excluding hydrogens is 409 g/mol. The summed E-state index contributed by atoms with van der Waals surface area (Å²) < 4.78 is 66.0. The summed E-state index contributed by atoms with van der Waals surface area (Å²) in [5.74, 6) is -0.886. The standard InChI is InChI=1S/C18H21F3N4O3S/c1-9-13(8-24-17(22)25-9)10-6-12(11-4-2-3-5-14(11)26)16(18(19,20)21)15(7-10)29(23,27)28/h6-8,11,14,26H,2-5H2,1H3,(H2,22,24,25)(H2,23,27,28). The molecule has 1 aliphatic carbocycles. The minimum absolute atomic E-state index is 0.0206. The molecule has 1 saturated carbocycles. The third-order valence-electron chi connectivity index (χ3n) is 5.16. The van der Waals surface area contributed by atoms with Crippen molar-refractivity contribution in [1.29, 1.82) is 0 Å². The van der Waals surface area contributed by atoms with Crippen LogP contribution in [0.1, 0.15) is 48.4 Å². The average Bonchev–Trinajstić information content (AvgIpc) is 2.59. The van der Waals surface area contributed by atoms with Gasteiger partial charge in [0.2, 0.25) is 16.0 Å². The normalized spacial score (nSPS) is 20.6. The van der Waals surface area contributed by atoms with Crippen molar-refractivity contribution in [3.05, 3.63) is 35.2 Å². The van der Waals surface area contributed by atoms with Crippen LogP contribution in [0.15, 0.2) is 23.2 Å². The number of primary sulfonamides is 1. The molecule has 1 heterocycles. The number of nitrogens with two attached hydrogens (primary N) is 2. The number of nitrogens with zero attached hydrogens (tertiary/aromatic N) is 2. The van der Waals surface area contributed by atoms with E-state index >= 15 is 0 Å². The highest BCUT2D eigenvalue weighted by Gasteiger charge is 2.42. The Kier molecular flexibility index (Phi) is 5.58. The van der Waals surface area contributed by atoms with E-state index in [1.807, 2.05) is 0 Å². The smallest absolute Gasteiger partial charge is 0.392 e. The molecule has 5 N–H and O–H groups in total. The molecule has 2 atom stereocenters. The molecule has 1 fully saturated rings. The third kappa shape index (κ3) is 4.36. The van der Waals surface area contributed by atoms with Crippen LogP contribution in [0.4, 0.5) is 19.1 Å². The van der Waals surface area contributed by atoms with Gasteiger partial charge in [-0.2, -0.15) is 13.2 Å². The minimum Gasteiger partial charge on any atom is -0.392 e. The average molecular weight is 430 g/mol. The Hall–Kier alpha value is -2.24. The zero-order valence-corrected chi connectivity index (χ0v) is 16.4. The van der Waals surface area contributed by atoms with Gasteiger partial charge in [-0.3, -0.25) is 0 Å². The number of aliphatic hydroxyl groups excluding tert-OH is 1. The first kappa shape index (κ1) is 21.5. The molecule has 0 amide bonds. The highest BCUT2D eigenvalue weighted by Crippen LogP contribution is 2.45. The number of sulfonamides is 1. The third-order valence-corrected chi connectivity index (χ3v) is 6.10. The van der Waals surface area contributed by atoms with Gasteiger partial charge in [-0.25, -0.2) is 23.5 Å². The van der Waals surface area contributed by atoms with E-state index in [0.717, 1.165) is 6.07 Å². The van der Waals surface area contributed by atoms with E-state index in [-0.39, 0.29) is 17.1 Å². The summed E-state index contributed by atoms with van der Waals surface area (Å²) in [6.07, 6.45) is -2.73. The Labute approximate surface area is 166 Å². The highest BCUT2D eigenvalue weighted by molar-refractivity contribution is 7.89. The van der Waals surface area contributed by atoms with E-state index in [9.17, 15) is 26.7 Å². The van der Waals surface area contributed by atoms with Crippen molar-refractivity contribution in [2.24, 2.45) is 5.14 Å². The second-order valence-electron chi connectivity index (χ2n) is 7.17. The van der Waals surface area contributed by atoms with Gasteiger partial charge in [0.1, 0.15) is 0 Å². The molecule has 0 radical (unpaired) electrons. The van der Waals surface area contributed by atoms with Crippen molar-refractivity contribution >= 4 is 16.0 Å². The van der Waals surface area contributed by atoms with E-state index in [2.05, 4.69) is 9.97 Å². The maximum absolute atomic E-state index is 13.9. The zero-order valence-electron chi connectivity index (χ0n) is 15.6. The van der Waals surface area contributed by atoms with Gasteiger partial charge in [0.15, 0.2) is 0 Å². The van der Waals surface area contributed by atoms with Gasteiger partial charge in [0.05, 0.1) is 22.3 Å². The van der Waals surface area contributed by atoms with Crippen molar-refractivity contribution in [2.45, 2.75) is 55.7 Å². The number of benzene rings is 1. The van der Waals surface area contributed by atoms with E-state index in [4.69, 9.17) is 10.9 Å². The molecule has 1 aliphatic rings. The maximum atomic E-state index is 13.9. The van der Waals surface area contributed by atoms with Gasteiger partial charge in [0, 0.05) is 17.7 Å². The number of anilines is 1.